The van der Waals surface area contributed by atoms with Crippen LogP contribution in [0.15, 0.2) is 30.6 Å². The fourth-order valence-corrected chi connectivity index (χ4v) is 1.76. The second-order valence-corrected chi connectivity index (χ2v) is 3.94. The third-order valence-corrected chi connectivity index (χ3v) is 2.93. The van der Waals surface area contributed by atoms with Crippen LogP contribution in [0.1, 0.15) is 31.7 Å². The first-order chi connectivity index (χ1) is 7.22. The maximum absolute atomic E-state index is 9.88. The minimum Gasteiger partial charge on any atom is -0.508 e. The van der Waals surface area contributed by atoms with Crippen molar-refractivity contribution in [2.75, 3.05) is 0 Å². The van der Waals surface area contributed by atoms with Gasteiger partial charge in [0, 0.05) is 17.8 Å². The van der Waals surface area contributed by atoms with Crippen molar-refractivity contribution in [1.29, 1.82) is 0 Å². The maximum atomic E-state index is 9.88. The summed E-state index contributed by atoms with van der Waals surface area (Å²) in [6.45, 7) is 4.25. The number of hydrogen-bond acceptors (Lipinski definition) is 2. The van der Waals surface area contributed by atoms with Crippen LogP contribution in [0, 0.1) is 0 Å². The van der Waals surface area contributed by atoms with Crippen molar-refractivity contribution >= 4 is 10.8 Å². The third-order valence-electron chi connectivity index (χ3n) is 2.93. The number of aromatic hydroxyl groups is 1. The van der Waals surface area contributed by atoms with Gasteiger partial charge in [-0.05, 0) is 41.5 Å². The van der Waals surface area contributed by atoms with Gasteiger partial charge in [-0.1, -0.05) is 13.8 Å². The van der Waals surface area contributed by atoms with E-state index in [1.807, 2.05) is 6.07 Å². The van der Waals surface area contributed by atoms with E-state index in [4.69, 9.17) is 0 Å². The lowest BCUT2D eigenvalue weighted by molar-refractivity contribution is 0.463. The van der Waals surface area contributed by atoms with Gasteiger partial charge in [-0.15, -0.1) is 0 Å². The number of nitrogens with zero attached hydrogens (tertiary/aromatic N) is 1. The van der Waals surface area contributed by atoms with E-state index in [0.717, 1.165) is 22.8 Å². The van der Waals surface area contributed by atoms with Gasteiger partial charge in [0.25, 0.3) is 0 Å². The number of hydrogen-bond donors (Lipinski definition) is 1. The summed E-state index contributed by atoms with van der Waals surface area (Å²) in [7, 11) is 0. The normalized spacial score (nSPS) is 12.9. The molecule has 78 valence electrons. The Labute approximate surface area is 89.6 Å². The molecule has 2 nitrogen and oxygen atoms in total. The molecule has 0 saturated heterocycles. The number of benzene rings is 1. The van der Waals surface area contributed by atoms with E-state index >= 15 is 0 Å². The molecule has 0 spiro atoms. The lowest BCUT2D eigenvalue weighted by atomic mass is 9.95. The summed E-state index contributed by atoms with van der Waals surface area (Å²) < 4.78 is 0. The highest BCUT2D eigenvalue weighted by Gasteiger charge is 2.09. The minimum atomic E-state index is 0.379. The Balaban J connectivity index is 2.61. The summed E-state index contributed by atoms with van der Waals surface area (Å²) in [6.07, 6.45) is 4.58. The highest BCUT2D eigenvalue weighted by Crippen LogP contribution is 2.31. The van der Waals surface area contributed by atoms with Gasteiger partial charge in [-0.25, -0.2) is 0 Å². The van der Waals surface area contributed by atoms with Gasteiger partial charge in [0.15, 0.2) is 0 Å². The van der Waals surface area contributed by atoms with Crippen LogP contribution in [0.3, 0.4) is 0 Å². The first kappa shape index (κ1) is 9.97. The Bertz CT molecular complexity index is 479. The molecule has 2 heteroatoms. The van der Waals surface area contributed by atoms with Gasteiger partial charge in [-0.2, -0.15) is 0 Å². The Morgan fingerprint density at radius 3 is 2.87 bits per heavy atom. The molecule has 2 aromatic rings. The third kappa shape index (κ3) is 1.80. The molecule has 1 aromatic heterocycles. The van der Waals surface area contributed by atoms with Crippen LogP contribution in [0.4, 0.5) is 0 Å². The summed E-state index contributed by atoms with van der Waals surface area (Å²) in [5.74, 6) is 0.771. The fourth-order valence-electron chi connectivity index (χ4n) is 1.76. The summed E-state index contributed by atoms with van der Waals surface area (Å²) in [5, 5.41) is 12.0. The van der Waals surface area contributed by atoms with Crippen LogP contribution in [-0.2, 0) is 0 Å². The lowest BCUT2D eigenvalue weighted by Crippen LogP contribution is -1.92. The maximum Gasteiger partial charge on any atom is 0.119 e. The quantitative estimate of drug-likeness (QED) is 0.807. The van der Waals surface area contributed by atoms with Crippen LogP contribution >= 0.6 is 0 Å². The van der Waals surface area contributed by atoms with Crippen molar-refractivity contribution < 1.29 is 5.11 Å². The molecule has 1 heterocycles. The Morgan fingerprint density at radius 2 is 2.13 bits per heavy atom. The molecule has 0 aliphatic heterocycles. The molecule has 0 saturated carbocycles. The molecule has 0 fully saturated rings. The molecule has 2 rings (SSSR count). The Hall–Kier alpha value is -1.57. The fraction of sp³-hybridized carbons (Fsp3) is 0.308. The van der Waals surface area contributed by atoms with Crippen molar-refractivity contribution in [3.05, 3.63) is 36.2 Å². The highest BCUT2D eigenvalue weighted by molar-refractivity contribution is 5.84. The van der Waals surface area contributed by atoms with E-state index in [1.54, 1.807) is 18.5 Å². The van der Waals surface area contributed by atoms with Gasteiger partial charge in [0.05, 0.1) is 0 Å². The van der Waals surface area contributed by atoms with Crippen LogP contribution in [0.5, 0.6) is 5.75 Å². The van der Waals surface area contributed by atoms with E-state index < -0.39 is 0 Å². The zero-order chi connectivity index (χ0) is 10.8. The number of pyridine rings is 1. The van der Waals surface area contributed by atoms with Crippen molar-refractivity contribution in [2.45, 2.75) is 26.2 Å². The smallest absolute Gasteiger partial charge is 0.119 e. The van der Waals surface area contributed by atoms with Crippen LogP contribution < -0.4 is 0 Å². The zero-order valence-corrected chi connectivity index (χ0v) is 9.07. The molecular formula is C13H15NO. The standard InChI is InChI=1S/C13H15NO/c1-3-9(2)12-6-10-4-5-14-8-11(10)7-13(12)15/h4-9,15H,3H2,1-2H3. The predicted molar refractivity (Wildman–Crippen MR) is 62.1 cm³/mol. The van der Waals surface area contributed by atoms with Crippen molar-refractivity contribution in [2.24, 2.45) is 0 Å². The average molecular weight is 201 g/mol. The molecular weight excluding hydrogens is 186 g/mol. The second-order valence-electron chi connectivity index (χ2n) is 3.94. The molecule has 0 aliphatic carbocycles. The number of phenols is 1. The van der Waals surface area contributed by atoms with Gasteiger partial charge in [0.2, 0.25) is 0 Å². The number of fused-ring (bicyclic) bond motifs is 1. The molecule has 0 radical (unpaired) electrons. The first-order valence-corrected chi connectivity index (χ1v) is 5.29. The number of rotatable bonds is 2. The van der Waals surface area contributed by atoms with Gasteiger partial charge >= 0.3 is 0 Å². The number of phenolic OH excluding ortho intramolecular Hbond substituents is 1. The Morgan fingerprint density at radius 1 is 1.33 bits per heavy atom. The van der Waals surface area contributed by atoms with Gasteiger partial charge in [-0.3, -0.25) is 4.98 Å². The molecule has 1 aromatic carbocycles. The second kappa shape index (κ2) is 3.89. The van der Waals surface area contributed by atoms with Crippen molar-refractivity contribution in [3.8, 4) is 5.75 Å². The van der Waals surface area contributed by atoms with Crippen molar-refractivity contribution in [3.63, 3.8) is 0 Å². The van der Waals surface area contributed by atoms with E-state index in [2.05, 4.69) is 24.9 Å². The molecule has 1 N–H and O–H groups in total. The van der Waals surface area contributed by atoms with E-state index in [9.17, 15) is 5.11 Å². The summed E-state index contributed by atoms with van der Waals surface area (Å²) in [4.78, 5) is 4.04. The van der Waals surface area contributed by atoms with E-state index in [-0.39, 0.29) is 0 Å². The number of aromatic nitrogens is 1. The van der Waals surface area contributed by atoms with Crippen LogP contribution in [0.2, 0.25) is 0 Å². The largest absolute Gasteiger partial charge is 0.508 e. The molecule has 0 amide bonds. The molecule has 1 atom stereocenters. The molecule has 15 heavy (non-hydrogen) atoms. The van der Waals surface area contributed by atoms with Crippen LogP contribution in [-0.4, -0.2) is 10.1 Å². The monoisotopic (exact) mass is 201 g/mol. The van der Waals surface area contributed by atoms with Crippen molar-refractivity contribution in [1.82, 2.24) is 4.98 Å². The lowest BCUT2D eigenvalue weighted by Gasteiger charge is -2.12. The first-order valence-electron chi connectivity index (χ1n) is 5.29. The van der Waals surface area contributed by atoms with Crippen LogP contribution in [0.25, 0.3) is 10.8 Å². The predicted octanol–water partition coefficient (Wildman–Crippen LogP) is 3.45. The summed E-state index contributed by atoms with van der Waals surface area (Å²) in [6, 6.07) is 5.82. The highest BCUT2D eigenvalue weighted by atomic mass is 16.3. The minimum absolute atomic E-state index is 0.379. The zero-order valence-electron chi connectivity index (χ0n) is 9.07. The SMILES string of the molecule is CCC(C)c1cc2ccncc2cc1O. The molecule has 0 bridgehead atoms. The van der Waals surface area contributed by atoms with Gasteiger partial charge in [0.1, 0.15) is 5.75 Å². The Kier molecular flexibility index (Phi) is 2.58. The van der Waals surface area contributed by atoms with E-state index in [0.29, 0.717) is 11.7 Å². The molecule has 1 unspecified atom stereocenters. The average Bonchev–Trinajstić information content (AvgIpc) is 2.27. The van der Waals surface area contributed by atoms with Gasteiger partial charge < -0.3 is 5.11 Å². The summed E-state index contributed by atoms with van der Waals surface area (Å²) in [5.41, 5.74) is 1.02. The van der Waals surface area contributed by atoms with E-state index in [1.165, 1.54) is 0 Å². The topological polar surface area (TPSA) is 33.1 Å². The molecule has 0 aliphatic rings. The summed E-state index contributed by atoms with van der Waals surface area (Å²) >= 11 is 0.